The molecule has 96 valence electrons. The summed E-state index contributed by atoms with van der Waals surface area (Å²) in [5.74, 6) is 0.714. The number of hydrazone groups is 1. The Morgan fingerprint density at radius 1 is 1.39 bits per heavy atom. The summed E-state index contributed by atoms with van der Waals surface area (Å²) in [7, 11) is 3.02. The molecule has 0 saturated heterocycles. The maximum Gasteiger partial charge on any atom is 0.205 e. The summed E-state index contributed by atoms with van der Waals surface area (Å²) in [6.07, 6.45) is 1.08. The normalized spacial score (nSPS) is 10.1. The topological polar surface area (TPSA) is 85.9 Å². The zero-order valence-corrected chi connectivity index (χ0v) is 10.8. The molecule has 0 radical (unpaired) electrons. The van der Waals surface area contributed by atoms with Crippen molar-refractivity contribution in [2.75, 3.05) is 14.2 Å². The number of hydrogen-bond acceptors (Lipinski definition) is 5. The van der Waals surface area contributed by atoms with Crippen molar-refractivity contribution in [1.29, 1.82) is 0 Å². The highest BCUT2D eigenvalue weighted by Crippen LogP contribution is 2.27. The lowest BCUT2D eigenvalue weighted by molar-refractivity contribution is 0.107. The Morgan fingerprint density at radius 3 is 2.61 bits per heavy atom. The van der Waals surface area contributed by atoms with Crippen LogP contribution < -0.4 is 20.6 Å². The summed E-state index contributed by atoms with van der Waals surface area (Å²) < 4.78 is 10.2. The number of ketones is 1. The number of nitrogens with one attached hydrogen (secondary N) is 1. The van der Waals surface area contributed by atoms with Gasteiger partial charge in [-0.25, -0.2) is 0 Å². The lowest BCUT2D eigenvalue weighted by Crippen LogP contribution is -2.24. The van der Waals surface area contributed by atoms with Crippen LogP contribution in [-0.2, 0) is 0 Å². The molecule has 0 fully saturated rings. The van der Waals surface area contributed by atoms with Gasteiger partial charge in [0.2, 0.25) is 5.78 Å². The molecule has 0 aliphatic rings. The van der Waals surface area contributed by atoms with E-state index < -0.39 is 0 Å². The molecule has 0 unspecified atom stereocenters. The van der Waals surface area contributed by atoms with E-state index in [4.69, 9.17) is 15.2 Å². The Balaban J connectivity index is 2.86. The zero-order chi connectivity index (χ0) is 13.5. The largest absolute Gasteiger partial charge is 0.493 e. The van der Waals surface area contributed by atoms with E-state index in [1.807, 2.05) is 0 Å². The predicted molar refractivity (Wildman–Crippen MR) is 72.3 cm³/mol. The Hall–Kier alpha value is -2.15. The first-order valence-electron chi connectivity index (χ1n) is 4.93. The molecule has 0 heterocycles. The molecule has 0 saturated carbocycles. The SMILES string of the molecule is COc1ccc(C(=O)/C=N/NC(N)=S)cc1OC. The third-order valence-electron chi connectivity index (χ3n) is 2.02. The second kappa shape index (κ2) is 6.55. The number of carbonyl (C=O) groups excluding carboxylic acids is 1. The van der Waals surface area contributed by atoms with Crippen LogP contribution in [0, 0.1) is 0 Å². The molecule has 0 bridgehead atoms. The van der Waals surface area contributed by atoms with E-state index in [0.717, 1.165) is 6.21 Å². The van der Waals surface area contributed by atoms with E-state index in [9.17, 15) is 4.79 Å². The Kier molecular flexibility index (Phi) is 5.06. The molecular formula is C11H13N3O3S. The number of methoxy groups -OCH3 is 2. The van der Waals surface area contributed by atoms with Gasteiger partial charge in [0.25, 0.3) is 0 Å². The number of carbonyl (C=O) groups is 1. The first-order chi connectivity index (χ1) is 8.58. The van der Waals surface area contributed by atoms with Gasteiger partial charge in [-0.15, -0.1) is 0 Å². The standard InChI is InChI=1S/C11H13N3O3S/c1-16-9-4-3-7(5-10(9)17-2)8(15)6-13-14-11(12)18/h3-6H,1-2H3,(H3,12,14,18)/b13-6+. The van der Waals surface area contributed by atoms with Crippen LogP contribution in [0.3, 0.4) is 0 Å². The molecule has 0 amide bonds. The van der Waals surface area contributed by atoms with Gasteiger partial charge >= 0.3 is 0 Å². The van der Waals surface area contributed by atoms with E-state index in [2.05, 4.69) is 22.7 Å². The molecule has 0 aromatic heterocycles. The summed E-state index contributed by atoms with van der Waals surface area (Å²) in [5.41, 5.74) is 7.88. The average Bonchev–Trinajstić information content (AvgIpc) is 2.37. The molecule has 6 nitrogen and oxygen atoms in total. The smallest absolute Gasteiger partial charge is 0.205 e. The molecule has 0 atom stereocenters. The van der Waals surface area contributed by atoms with Crippen molar-refractivity contribution in [2.24, 2.45) is 10.8 Å². The molecule has 0 aliphatic heterocycles. The van der Waals surface area contributed by atoms with Crippen LogP contribution in [0.2, 0.25) is 0 Å². The van der Waals surface area contributed by atoms with Gasteiger partial charge in [-0.1, -0.05) is 0 Å². The number of nitrogens with two attached hydrogens (primary N) is 1. The Bertz CT molecular complexity index is 488. The van der Waals surface area contributed by atoms with E-state index >= 15 is 0 Å². The molecule has 1 aromatic carbocycles. The van der Waals surface area contributed by atoms with Gasteiger partial charge in [-0.2, -0.15) is 5.10 Å². The van der Waals surface area contributed by atoms with Gasteiger partial charge in [0.1, 0.15) is 0 Å². The summed E-state index contributed by atoms with van der Waals surface area (Å²) >= 11 is 4.54. The summed E-state index contributed by atoms with van der Waals surface area (Å²) in [6, 6.07) is 4.81. The van der Waals surface area contributed by atoms with Crippen molar-refractivity contribution < 1.29 is 14.3 Å². The molecular weight excluding hydrogens is 254 g/mol. The molecule has 0 aliphatic carbocycles. The highest BCUT2D eigenvalue weighted by molar-refractivity contribution is 7.80. The zero-order valence-electron chi connectivity index (χ0n) is 9.97. The lowest BCUT2D eigenvalue weighted by atomic mass is 10.1. The second-order valence-electron chi connectivity index (χ2n) is 3.17. The number of ether oxygens (including phenoxy) is 2. The Labute approximate surface area is 110 Å². The van der Waals surface area contributed by atoms with Gasteiger partial charge in [0.15, 0.2) is 16.6 Å². The minimum absolute atomic E-state index is 0.00800. The molecule has 18 heavy (non-hydrogen) atoms. The number of nitrogens with zero attached hydrogens (tertiary/aromatic N) is 1. The van der Waals surface area contributed by atoms with Gasteiger partial charge < -0.3 is 15.2 Å². The maximum atomic E-state index is 11.7. The van der Waals surface area contributed by atoms with Crippen molar-refractivity contribution in [3.05, 3.63) is 23.8 Å². The van der Waals surface area contributed by atoms with Crippen LogP contribution in [0.25, 0.3) is 0 Å². The maximum absolute atomic E-state index is 11.7. The summed E-state index contributed by atoms with van der Waals surface area (Å²) in [6.45, 7) is 0. The average molecular weight is 267 g/mol. The molecule has 0 spiro atoms. The van der Waals surface area contributed by atoms with Gasteiger partial charge in [0.05, 0.1) is 20.4 Å². The molecule has 7 heteroatoms. The van der Waals surface area contributed by atoms with E-state index in [1.54, 1.807) is 18.2 Å². The number of thiocarbonyl (C=S) groups is 1. The minimum Gasteiger partial charge on any atom is -0.493 e. The van der Waals surface area contributed by atoms with Crippen molar-refractivity contribution in [3.8, 4) is 11.5 Å². The minimum atomic E-state index is -0.306. The highest BCUT2D eigenvalue weighted by atomic mass is 32.1. The number of rotatable bonds is 5. The van der Waals surface area contributed by atoms with E-state index in [1.165, 1.54) is 14.2 Å². The quantitative estimate of drug-likeness (QED) is 0.353. The van der Waals surface area contributed by atoms with Crippen molar-refractivity contribution in [2.45, 2.75) is 0 Å². The third kappa shape index (κ3) is 3.70. The molecule has 1 aromatic rings. The van der Waals surface area contributed by atoms with Crippen LogP contribution >= 0.6 is 12.2 Å². The van der Waals surface area contributed by atoms with Gasteiger partial charge in [0, 0.05) is 5.56 Å². The van der Waals surface area contributed by atoms with Crippen LogP contribution in [0.4, 0.5) is 0 Å². The van der Waals surface area contributed by atoms with Crippen molar-refractivity contribution in [1.82, 2.24) is 5.43 Å². The van der Waals surface area contributed by atoms with Gasteiger partial charge in [-0.05, 0) is 30.4 Å². The number of hydrogen-bond donors (Lipinski definition) is 2. The molecule has 1 rings (SSSR count). The Morgan fingerprint density at radius 2 is 2.06 bits per heavy atom. The monoisotopic (exact) mass is 267 g/mol. The summed E-state index contributed by atoms with van der Waals surface area (Å²) in [5, 5.41) is 3.57. The fourth-order valence-electron chi connectivity index (χ4n) is 1.22. The number of benzene rings is 1. The second-order valence-corrected chi connectivity index (χ2v) is 3.61. The highest BCUT2D eigenvalue weighted by Gasteiger charge is 2.08. The van der Waals surface area contributed by atoms with E-state index in [0.29, 0.717) is 17.1 Å². The molecule has 3 N–H and O–H groups in total. The fourth-order valence-corrected chi connectivity index (χ4v) is 1.27. The number of Topliss-reactive ketones (excluding diaryl/α,β-unsaturated/α-hetero) is 1. The lowest BCUT2D eigenvalue weighted by Gasteiger charge is -2.07. The van der Waals surface area contributed by atoms with E-state index in [-0.39, 0.29) is 10.9 Å². The first-order valence-corrected chi connectivity index (χ1v) is 5.34. The van der Waals surface area contributed by atoms with Crippen LogP contribution in [0.1, 0.15) is 10.4 Å². The van der Waals surface area contributed by atoms with Crippen LogP contribution in [0.5, 0.6) is 11.5 Å². The van der Waals surface area contributed by atoms with Crippen molar-refractivity contribution in [3.63, 3.8) is 0 Å². The first kappa shape index (κ1) is 13.9. The van der Waals surface area contributed by atoms with Crippen LogP contribution in [-0.4, -0.2) is 31.3 Å². The van der Waals surface area contributed by atoms with Crippen LogP contribution in [0.15, 0.2) is 23.3 Å². The summed E-state index contributed by atoms with van der Waals surface area (Å²) in [4.78, 5) is 11.7. The van der Waals surface area contributed by atoms with Crippen molar-refractivity contribution >= 4 is 29.3 Å². The van der Waals surface area contributed by atoms with Gasteiger partial charge in [-0.3, -0.25) is 10.2 Å². The third-order valence-corrected chi connectivity index (χ3v) is 2.12. The predicted octanol–water partition coefficient (Wildman–Crippen LogP) is 0.706. The fraction of sp³-hybridized carbons (Fsp3) is 0.182.